The summed E-state index contributed by atoms with van der Waals surface area (Å²) in [5, 5.41) is 31.8. The number of guanidine groups is 1. The van der Waals surface area contributed by atoms with E-state index < -0.39 is 29.9 Å². The Balaban J connectivity index is 0.00000334. The van der Waals surface area contributed by atoms with Gasteiger partial charge in [0.2, 0.25) is 11.8 Å². The Kier molecular flexibility index (Phi) is 14.3. The third-order valence-electron chi connectivity index (χ3n) is 5.48. The molecule has 11 N–H and O–H groups in total. The smallest absolute Gasteiger partial charge is 0.242 e. The molecule has 0 saturated heterocycles. The highest BCUT2D eigenvalue weighted by molar-refractivity contribution is 5.90. The Morgan fingerprint density at radius 1 is 0.919 bits per heavy atom. The molecule has 2 aromatic carbocycles. The third kappa shape index (κ3) is 12.2. The normalized spacial score (nSPS) is 12.8. The molecular weight excluding hydrogens is 476 g/mol. The highest BCUT2D eigenvalue weighted by Gasteiger charge is 2.25. The van der Waals surface area contributed by atoms with Crippen LogP contribution >= 0.6 is 0 Å². The lowest BCUT2D eigenvalue weighted by Crippen LogP contribution is -2.54. The Labute approximate surface area is 217 Å². The van der Waals surface area contributed by atoms with Crippen molar-refractivity contribution < 1.29 is 24.9 Å². The summed E-state index contributed by atoms with van der Waals surface area (Å²) >= 11 is 0. The third-order valence-corrected chi connectivity index (χ3v) is 5.48. The fourth-order valence-electron chi connectivity index (χ4n) is 3.50. The second-order valence-corrected chi connectivity index (χ2v) is 8.56. The van der Waals surface area contributed by atoms with E-state index in [0.717, 1.165) is 23.8 Å². The minimum absolute atomic E-state index is 0.0515. The van der Waals surface area contributed by atoms with Gasteiger partial charge in [-0.05, 0) is 55.9 Å². The van der Waals surface area contributed by atoms with Gasteiger partial charge in [-0.3, -0.25) is 14.6 Å². The van der Waals surface area contributed by atoms with Crippen LogP contribution in [0.1, 0.15) is 29.5 Å². The Bertz CT molecular complexity index is 978. The van der Waals surface area contributed by atoms with Crippen molar-refractivity contribution in [2.45, 2.75) is 50.7 Å². The zero-order valence-electron chi connectivity index (χ0n) is 21.4. The molecule has 0 aromatic heterocycles. The molecule has 11 nitrogen and oxygen atoms in total. The summed E-state index contributed by atoms with van der Waals surface area (Å²) in [7, 11) is 1.00. The highest BCUT2D eigenvalue weighted by Crippen LogP contribution is 2.12. The van der Waals surface area contributed by atoms with E-state index in [0.29, 0.717) is 25.8 Å². The SMILES string of the molecule is CO.Cc1ccc(CC(N)C(=O)NC(CCCN=C(N)N)C(=O)NC(CO)Cc2ccc(O)cc2)cc1. The molecule has 0 bridgehead atoms. The van der Waals surface area contributed by atoms with E-state index >= 15 is 0 Å². The molecule has 0 heterocycles. The summed E-state index contributed by atoms with van der Waals surface area (Å²) in [6.07, 6.45) is 1.41. The number of aliphatic hydroxyl groups excluding tert-OH is 2. The molecule has 204 valence electrons. The van der Waals surface area contributed by atoms with Crippen molar-refractivity contribution in [3.8, 4) is 5.75 Å². The second-order valence-electron chi connectivity index (χ2n) is 8.56. The number of benzene rings is 2. The number of aromatic hydroxyl groups is 1. The number of hydrogen-bond donors (Lipinski definition) is 8. The molecule has 0 spiro atoms. The summed E-state index contributed by atoms with van der Waals surface area (Å²) in [5.41, 5.74) is 19.7. The quantitative estimate of drug-likeness (QED) is 0.0980. The van der Waals surface area contributed by atoms with E-state index in [9.17, 15) is 19.8 Å². The van der Waals surface area contributed by atoms with Crippen LogP contribution in [0.5, 0.6) is 5.75 Å². The lowest BCUT2D eigenvalue weighted by molar-refractivity contribution is -0.130. The minimum Gasteiger partial charge on any atom is -0.508 e. The van der Waals surface area contributed by atoms with Crippen LogP contribution in [0.25, 0.3) is 0 Å². The van der Waals surface area contributed by atoms with E-state index in [4.69, 9.17) is 22.3 Å². The molecule has 11 heteroatoms. The number of nitrogens with zero attached hydrogens (tertiary/aromatic N) is 1. The average molecular weight is 517 g/mol. The summed E-state index contributed by atoms with van der Waals surface area (Å²) in [6.45, 7) is 1.98. The maximum absolute atomic E-state index is 13.0. The van der Waals surface area contributed by atoms with Crippen molar-refractivity contribution in [2.75, 3.05) is 20.3 Å². The molecule has 0 aliphatic rings. The van der Waals surface area contributed by atoms with E-state index in [1.807, 2.05) is 31.2 Å². The zero-order chi connectivity index (χ0) is 27.8. The molecule has 2 aromatic rings. The van der Waals surface area contributed by atoms with Crippen LogP contribution in [0.2, 0.25) is 0 Å². The molecule has 3 unspecified atom stereocenters. The lowest BCUT2D eigenvalue weighted by Gasteiger charge is -2.24. The van der Waals surface area contributed by atoms with Crippen LogP contribution in [0, 0.1) is 6.92 Å². The van der Waals surface area contributed by atoms with Crippen LogP contribution in [0.15, 0.2) is 53.5 Å². The first-order chi connectivity index (χ1) is 17.7. The predicted octanol–water partition coefficient (Wildman–Crippen LogP) is -0.563. The van der Waals surface area contributed by atoms with Crippen LogP contribution in [0.4, 0.5) is 0 Å². The van der Waals surface area contributed by atoms with Crippen LogP contribution < -0.4 is 27.8 Å². The van der Waals surface area contributed by atoms with Crippen molar-refractivity contribution in [3.63, 3.8) is 0 Å². The number of phenols is 1. The fourth-order valence-corrected chi connectivity index (χ4v) is 3.50. The number of aliphatic hydroxyl groups is 2. The van der Waals surface area contributed by atoms with E-state index in [1.54, 1.807) is 12.1 Å². The molecule has 37 heavy (non-hydrogen) atoms. The number of aliphatic imine (C=N–C) groups is 1. The Morgan fingerprint density at radius 3 is 2.05 bits per heavy atom. The number of nitrogens with two attached hydrogens (primary N) is 3. The largest absolute Gasteiger partial charge is 0.508 e. The molecule has 0 fully saturated rings. The molecule has 0 aliphatic carbocycles. The molecule has 0 aliphatic heterocycles. The number of carbonyl (C=O) groups is 2. The lowest BCUT2D eigenvalue weighted by atomic mass is 10.0. The van der Waals surface area contributed by atoms with Gasteiger partial charge in [0.05, 0.1) is 18.7 Å². The minimum atomic E-state index is -0.880. The van der Waals surface area contributed by atoms with E-state index in [2.05, 4.69) is 15.6 Å². The number of phenolic OH excluding ortho intramolecular Hbond substituents is 1. The van der Waals surface area contributed by atoms with Gasteiger partial charge in [0.1, 0.15) is 11.8 Å². The maximum atomic E-state index is 13.0. The number of carbonyl (C=O) groups excluding carboxylic acids is 2. The molecule has 2 rings (SSSR count). The number of nitrogens with one attached hydrogen (secondary N) is 2. The van der Waals surface area contributed by atoms with Gasteiger partial charge in [-0.2, -0.15) is 0 Å². The van der Waals surface area contributed by atoms with Crippen molar-refractivity contribution in [1.82, 2.24) is 10.6 Å². The number of hydrogen-bond acceptors (Lipinski definition) is 7. The van der Waals surface area contributed by atoms with Crippen molar-refractivity contribution in [2.24, 2.45) is 22.2 Å². The van der Waals surface area contributed by atoms with Gasteiger partial charge >= 0.3 is 0 Å². The first-order valence-electron chi connectivity index (χ1n) is 12.0. The van der Waals surface area contributed by atoms with E-state index in [-0.39, 0.29) is 24.7 Å². The standard InChI is InChI=1S/C25H36N6O4.CH4O/c1-16-4-6-18(7-5-16)14-21(26)23(34)31-22(3-2-12-29-25(27)28)24(35)30-19(15-32)13-17-8-10-20(33)11-9-17;1-2/h4-11,19,21-22,32-33H,2-3,12-15,26H2,1H3,(H,30,35)(H,31,34)(H4,27,28,29);2H,1H3. The molecule has 0 radical (unpaired) electrons. The summed E-state index contributed by atoms with van der Waals surface area (Å²) in [5.74, 6) is -0.816. The van der Waals surface area contributed by atoms with Crippen LogP contribution in [0.3, 0.4) is 0 Å². The van der Waals surface area contributed by atoms with Crippen LogP contribution in [-0.4, -0.2) is 71.5 Å². The summed E-state index contributed by atoms with van der Waals surface area (Å²) in [4.78, 5) is 29.7. The average Bonchev–Trinajstić information content (AvgIpc) is 2.88. The Morgan fingerprint density at radius 2 is 1.49 bits per heavy atom. The topological polar surface area (TPSA) is 209 Å². The summed E-state index contributed by atoms with van der Waals surface area (Å²) in [6, 6.07) is 11.9. The highest BCUT2D eigenvalue weighted by atomic mass is 16.3. The van der Waals surface area contributed by atoms with Crippen molar-refractivity contribution in [3.05, 3.63) is 65.2 Å². The van der Waals surface area contributed by atoms with Crippen molar-refractivity contribution >= 4 is 17.8 Å². The van der Waals surface area contributed by atoms with Gasteiger partial charge in [-0.1, -0.05) is 42.0 Å². The Hall–Kier alpha value is -3.67. The van der Waals surface area contributed by atoms with Gasteiger partial charge in [0.25, 0.3) is 0 Å². The van der Waals surface area contributed by atoms with Gasteiger partial charge in [-0.15, -0.1) is 0 Å². The first-order valence-corrected chi connectivity index (χ1v) is 12.0. The number of aryl methyl sites for hydroxylation is 1. The van der Waals surface area contributed by atoms with Gasteiger partial charge < -0.3 is 43.2 Å². The first kappa shape index (κ1) is 31.4. The molecule has 2 amide bonds. The molecule has 3 atom stereocenters. The van der Waals surface area contributed by atoms with E-state index in [1.165, 1.54) is 12.1 Å². The molecular formula is C26H40N6O5. The fraction of sp³-hybridized carbons (Fsp3) is 0.423. The van der Waals surface area contributed by atoms with Gasteiger partial charge in [-0.25, -0.2) is 0 Å². The molecule has 0 saturated carbocycles. The number of amides is 2. The van der Waals surface area contributed by atoms with Gasteiger partial charge in [0.15, 0.2) is 5.96 Å². The van der Waals surface area contributed by atoms with Gasteiger partial charge in [0, 0.05) is 13.7 Å². The monoisotopic (exact) mass is 516 g/mol. The van der Waals surface area contributed by atoms with Crippen molar-refractivity contribution in [1.29, 1.82) is 0 Å². The second kappa shape index (κ2) is 16.9. The predicted molar refractivity (Wildman–Crippen MR) is 144 cm³/mol. The van der Waals surface area contributed by atoms with Crippen LogP contribution in [-0.2, 0) is 22.4 Å². The summed E-state index contributed by atoms with van der Waals surface area (Å²) < 4.78 is 0. The number of rotatable bonds is 13. The maximum Gasteiger partial charge on any atom is 0.242 e. The zero-order valence-corrected chi connectivity index (χ0v) is 21.4.